The highest BCUT2D eigenvalue weighted by Crippen LogP contribution is 2.38. The van der Waals surface area contributed by atoms with Gasteiger partial charge in [-0.25, -0.2) is 0 Å². The summed E-state index contributed by atoms with van der Waals surface area (Å²) >= 11 is 0. The molecule has 0 fully saturated rings. The minimum Gasteiger partial charge on any atom is -0.497 e. The van der Waals surface area contributed by atoms with Crippen molar-refractivity contribution < 1.29 is 14.2 Å². The van der Waals surface area contributed by atoms with Gasteiger partial charge in [-0.2, -0.15) is 0 Å². The molecule has 0 heterocycles. The first-order chi connectivity index (χ1) is 31.9. The number of hydrogen-bond donors (Lipinski definition) is 0. The van der Waals surface area contributed by atoms with Crippen LogP contribution in [-0.2, 0) is 0 Å². The van der Waals surface area contributed by atoms with Gasteiger partial charge in [-0.05, 0) is 198 Å². The zero-order valence-corrected chi connectivity index (χ0v) is 37.3. The molecule has 0 amide bonds. The number of rotatable bonds is 15. The third-order valence-electron chi connectivity index (χ3n) is 11.5. The van der Waals surface area contributed by atoms with Crippen LogP contribution in [0, 0.1) is 6.92 Å². The molecule has 0 aliphatic carbocycles. The molecule has 0 bridgehead atoms. The number of aryl methyl sites for hydroxylation is 1. The van der Waals surface area contributed by atoms with Crippen LogP contribution in [0.15, 0.2) is 194 Å². The normalized spacial score (nSPS) is 11.4. The largest absolute Gasteiger partial charge is 0.497 e. The molecule has 0 atom stereocenters. The molecule has 0 radical (unpaired) electrons. The van der Waals surface area contributed by atoms with E-state index in [1.165, 1.54) is 27.1 Å². The fourth-order valence-electron chi connectivity index (χ4n) is 8.13. The Bertz CT molecular complexity index is 3060. The summed E-state index contributed by atoms with van der Waals surface area (Å²) in [5.41, 5.74) is 12.2. The van der Waals surface area contributed by atoms with Crippen LogP contribution in [0.2, 0.25) is 0 Å². The second kappa shape index (κ2) is 19.6. The zero-order valence-electron chi connectivity index (χ0n) is 37.3. The first kappa shape index (κ1) is 42.3. The van der Waals surface area contributed by atoms with Crippen LogP contribution < -0.4 is 24.0 Å². The van der Waals surface area contributed by atoms with Gasteiger partial charge in [0.2, 0.25) is 0 Å². The minimum atomic E-state index is 0.632. The quantitative estimate of drug-likeness (QED) is 0.0758. The van der Waals surface area contributed by atoms with Crippen molar-refractivity contribution in [2.45, 2.75) is 20.8 Å². The average Bonchev–Trinajstić information content (AvgIpc) is 3.35. The van der Waals surface area contributed by atoms with Crippen molar-refractivity contribution in [1.82, 2.24) is 0 Å². The molecular weight excluding hydrogens is 797 g/mol. The number of benzene rings is 9. The fraction of sp³-hybridized carbons (Fsp3) is 0.100. The lowest BCUT2D eigenvalue weighted by atomic mass is 9.99. The van der Waals surface area contributed by atoms with Crippen molar-refractivity contribution in [2.24, 2.45) is 0 Å². The molecule has 0 N–H and O–H groups in total. The summed E-state index contributed by atoms with van der Waals surface area (Å²) in [5, 5.41) is 4.87. The van der Waals surface area contributed by atoms with E-state index in [2.05, 4.69) is 199 Å². The van der Waals surface area contributed by atoms with Gasteiger partial charge >= 0.3 is 0 Å². The number of nitrogens with zero attached hydrogens (tertiary/aromatic N) is 2. The van der Waals surface area contributed by atoms with Gasteiger partial charge in [0.25, 0.3) is 0 Å². The maximum atomic E-state index is 5.72. The van der Waals surface area contributed by atoms with Gasteiger partial charge in [-0.15, -0.1) is 0 Å². The van der Waals surface area contributed by atoms with E-state index in [4.69, 9.17) is 14.2 Å². The minimum absolute atomic E-state index is 0.632. The third-order valence-corrected chi connectivity index (χ3v) is 11.5. The summed E-state index contributed by atoms with van der Waals surface area (Å²) in [6.45, 7) is 7.39. The number of fused-ring (bicyclic) bond motifs is 2. The van der Waals surface area contributed by atoms with Crippen molar-refractivity contribution in [1.29, 1.82) is 0 Å². The Morgan fingerprint density at radius 2 is 0.646 bits per heavy atom. The van der Waals surface area contributed by atoms with Gasteiger partial charge in [-0.3, -0.25) is 0 Å². The second-order valence-corrected chi connectivity index (χ2v) is 16.0. The highest BCUT2D eigenvalue weighted by molar-refractivity contribution is 6.00. The zero-order chi connectivity index (χ0) is 44.5. The summed E-state index contributed by atoms with van der Waals surface area (Å²) < 4.78 is 16.9. The highest BCUT2D eigenvalue weighted by Gasteiger charge is 2.15. The third kappa shape index (κ3) is 9.96. The molecule has 9 aromatic rings. The van der Waals surface area contributed by atoms with Crippen LogP contribution in [0.1, 0.15) is 41.7 Å². The number of anilines is 6. The summed E-state index contributed by atoms with van der Waals surface area (Å²) in [4.78, 5) is 4.51. The molecule has 65 heavy (non-hydrogen) atoms. The molecule has 0 unspecified atom stereocenters. The predicted molar refractivity (Wildman–Crippen MR) is 275 cm³/mol. The smallest absolute Gasteiger partial charge is 0.119 e. The summed E-state index contributed by atoms with van der Waals surface area (Å²) in [6.07, 6.45) is 8.74. The van der Waals surface area contributed by atoms with Crippen LogP contribution in [0.4, 0.5) is 34.1 Å². The van der Waals surface area contributed by atoms with Crippen LogP contribution in [-0.4, -0.2) is 20.3 Å². The fourth-order valence-corrected chi connectivity index (χ4v) is 8.13. The van der Waals surface area contributed by atoms with Crippen LogP contribution in [0.25, 0.3) is 45.8 Å². The van der Waals surface area contributed by atoms with Crippen molar-refractivity contribution in [3.8, 4) is 17.2 Å². The van der Waals surface area contributed by atoms with Crippen molar-refractivity contribution in [3.63, 3.8) is 0 Å². The number of hydrogen-bond acceptors (Lipinski definition) is 5. The molecule has 5 heteroatoms. The van der Waals surface area contributed by atoms with E-state index in [9.17, 15) is 0 Å². The standard InChI is InChI=1S/C60H52N2O3/c1-5-64-59-35-29-56(30-36-59)61(52-21-7-43(3)8-22-52)53-23-15-44(16-24-53)9-11-46-13-19-48-42-51-40-47(14-20-49(51)41-50(48)39-46)12-10-45-17-25-54(26-18-45)62(55-27-33-58(63-4)34-28-55)57-31-37-60(38-32-57)65-6-2/h7-42H,5-6H2,1-4H3/b11-9-,12-10-. The Labute approximate surface area is 382 Å². The van der Waals surface area contributed by atoms with E-state index in [-0.39, 0.29) is 0 Å². The lowest BCUT2D eigenvalue weighted by Gasteiger charge is -2.26. The SMILES string of the molecule is CCOc1ccc(N(c2ccc(C)cc2)c2ccc(/C=C\c3ccc4cc5cc(/C=C\c6ccc(N(c7ccc(OC)cc7)c7ccc(OCC)cc7)cc6)ccc5cc4c3)cc2)cc1. The maximum absolute atomic E-state index is 5.72. The molecule has 0 spiro atoms. The Kier molecular flexibility index (Phi) is 12.7. The molecule has 0 saturated heterocycles. The van der Waals surface area contributed by atoms with Crippen LogP contribution in [0.5, 0.6) is 17.2 Å². The van der Waals surface area contributed by atoms with Crippen LogP contribution in [0.3, 0.4) is 0 Å². The van der Waals surface area contributed by atoms with Crippen molar-refractivity contribution in [3.05, 3.63) is 222 Å². The van der Waals surface area contributed by atoms with Gasteiger partial charge in [0.15, 0.2) is 0 Å². The summed E-state index contributed by atoms with van der Waals surface area (Å²) in [6, 6.07) is 68.6. The van der Waals surface area contributed by atoms with E-state index in [0.29, 0.717) is 13.2 Å². The number of ether oxygens (including phenoxy) is 3. The molecule has 0 aliphatic heterocycles. The maximum Gasteiger partial charge on any atom is 0.119 e. The molecule has 9 aromatic carbocycles. The molecule has 0 aliphatic rings. The van der Waals surface area contributed by atoms with Gasteiger partial charge < -0.3 is 24.0 Å². The van der Waals surface area contributed by atoms with Crippen molar-refractivity contribution in [2.75, 3.05) is 30.1 Å². The Morgan fingerprint density at radius 1 is 0.338 bits per heavy atom. The molecular formula is C60H52N2O3. The van der Waals surface area contributed by atoms with E-state index < -0.39 is 0 Å². The van der Waals surface area contributed by atoms with Crippen LogP contribution >= 0.6 is 0 Å². The van der Waals surface area contributed by atoms with Crippen molar-refractivity contribution >= 4 is 80.0 Å². The lowest BCUT2D eigenvalue weighted by Crippen LogP contribution is -2.09. The Balaban J connectivity index is 0.894. The van der Waals surface area contributed by atoms with Gasteiger partial charge in [0, 0.05) is 34.1 Å². The molecule has 320 valence electrons. The first-order valence-electron chi connectivity index (χ1n) is 22.2. The van der Waals surface area contributed by atoms with E-state index >= 15 is 0 Å². The Hall–Kier alpha value is -8.02. The van der Waals surface area contributed by atoms with Gasteiger partial charge in [-0.1, -0.05) is 90.5 Å². The Morgan fingerprint density at radius 3 is 1.00 bits per heavy atom. The molecule has 0 saturated carbocycles. The number of methoxy groups -OCH3 is 1. The molecule has 9 rings (SSSR count). The van der Waals surface area contributed by atoms with E-state index in [1.54, 1.807) is 7.11 Å². The average molecular weight is 849 g/mol. The second-order valence-electron chi connectivity index (χ2n) is 16.0. The van der Waals surface area contributed by atoms with Gasteiger partial charge in [0.05, 0.1) is 20.3 Å². The summed E-state index contributed by atoms with van der Waals surface area (Å²) in [7, 11) is 1.69. The predicted octanol–water partition coefficient (Wildman–Crippen LogP) is 16.4. The van der Waals surface area contributed by atoms with E-state index in [1.807, 2.05) is 50.2 Å². The molecule has 5 nitrogen and oxygen atoms in total. The summed E-state index contributed by atoms with van der Waals surface area (Å²) in [5.74, 6) is 2.55. The molecule has 0 aromatic heterocycles. The van der Waals surface area contributed by atoms with E-state index in [0.717, 1.165) is 73.6 Å². The highest BCUT2D eigenvalue weighted by atomic mass is 16.5. The van der Waals surface area contributed by atoms with Gasteiger partial charge in [0.1, 0.15) is 17.2 Å². The first-order valence-corrected chi connectivity index (χ1v) is 22.2. The lowest BCUT2D eigenvalue weighted by molar-refractivity contribution is 0.340. The monoisotopic (exact) mass is 848 g/mol. The topological polar surface area (TPSA) is 34.2 Å².